The molecule has 0 unspecified atom stereocenters. The topological polar surface area (TPSA) is 49.2 Å². The maximum absolute atomic E-state index is 13.5. The van der Waals surface area contributed by atoms with Crippen LogP contribution in [0.15, 0.2) is 48.5 Å². The Morgan fingerprint density at radius 3 is 2.43 bits per heavy atom. The fourth-order valence-electron chi connectivity index (χ4n) is 4.14. The van der Waals surface area contributed by atoms with Crippen LogP contribution in [0.25, 0.3) is 11.0 Å². The minimum Gasteiger partial charge on any atom is -0.396 e. The summed E-state index contributed by atoms with van der Waals surface area (Å²) in [4.78, 5) is 11.9. The van der Waals surface area contributed by atoms with E-state index in [9.17, 15) is 9.50 Å². The molecule has 28 heavy (non-hydrogen) atoms. The van der Waals surface area contributed by atoms with Crippen LogP contribution in [0.3, 0.4) is 0 Å². The Kier molecular flexibility index (Phi) is 5.38. The SMILES string of the molecule is Cc1nc2ccccc2nc1CN1CCC(CO)(Cc2cccc(F)c2)CC1. The lowest BCUT2D eigenvalue weighted by molar-refractivity contribution is 0.0408. The number of aliphatic hydroxyl groups is 1. The molecule has 1 aliphatic heterocycles. The third-order valence-electron chi connectivity index (χ3n) is 5.94. The summed E-state index contributed by atoms with van der Waals surface area (Å²) >= 11 is 0. The van der Waals surface area contributed by atoms with Crippen molar-refractivity contribution in [2.75, 3.05) is 19.7 Å². The van der Waals surface area contributed by atoms with Gasteiger partial charge in [0, 0.05) is 13.2 Å². The number of likely N-dealkylation sites (tertiary alicyclic amines) is 1. The Hall–Kier alpha value is -2.37. The van der Waals surface area contributed by atoms with Gasteiger partial charge in [0.15, 0.2) is 0 Å². The zero-order valence-electron chi connectivity index (χ0n) is 16.2. The van der Waals surface area contributed by atoms with Gasteiger partial charge in [-0.3, -0.25) is 4.90 Å². The first-order valence-corrected chi connectivity index (χ1v) is 9.87. The number of nitrogens with zero attached hydrogens (tertiary/aromatic N) is 3. The van der Waals surface area contributed by atoms with Gasteiger partial charge in [-0.1, -0.05) is 24.3 Å². The van der Waals surface area contributed by atoms with Gasteiger partial charge in [0.05, 0.1) is 22.4 Å². The number of piperidine rings is 1. The number of halogens is 1. The van der Waals surface area contributed by atoms with E-state index in [1.807, 2.05) is 37.3 Å². The summed E-state index contributed by atoms with van der Waals surface area (Å²) in [6, 6.07) is 14.7. The van der Waals surface area contributed by atoms with Crippen LogP contribution in [0, 0.1) is 18.2 Å². The Balaban J connectivity index is 1.44. The molecule has 0 aliphatic carbocycles. The lowest BCUT2D eigenvalue weighted by Crippen LogP contribution is -2.43. The highest BCUT2D eigenvalue weighted by Crippen LogP contribution is 2.35. The standard InChI is InChI=1S/C23H26FN3O/c1-17-22(26-21-8-3-2-7-20(21)25-17)15-27-11-9-23(16-28,10-12-27)14-18-5-4-6-19(24)13-18/h2-8,13,28H,9-12,14-16H2,1H3. The van der Waals surface area contributed by atoms with E-state index in [1.165, 1.54) is 6.07 Å². The Bertz CT molecular complexity index is 967. The number of aliphatic hydroxyl groups excluding tert-OH is 1. The van der Waals surface area contributed by atoms with Crippen molar-refractivity contribution in [1.29, 1.82) is 0 Å². The predicted molar refractivity (Wildman–Crippen MR) is 108 cm³/mol. The summed E-state index contributed by atoms with van der Waals surface area (Å²) in [5.41, 5.74) is 4.62. The van der Waals surface area contributed by atoms with Gasteiger partial charge in [-0.2, -0.15) is 0 Å². The highest BCUT2D eigenvalue weighted by Gasteiger charge is 2.34. The fraction of sp³-hybridized carbons (Fsp3) is 0.391. The number of benzene rings is 2. The molecule has 1 saturated heterocycles. The van der Waals surface area contributed by atoms with Crippen LogP contribution < -0.4 is 0 Å². The molecule has 0 atom stereocenters. The quantitative estimate of drug-likeness (QED) is 0.731. The van der Waals surface area contributed by atoms with E-state index in [0.29, 0.717) is 6.42 Å². The minimum absolute atomic E-state index is 0.131. The second kappa shape index (κ2) is 7.94. The second-order valence-corrected chi connectivity index (χ2v) is 7.99. The Morgan fingerprint density at radius 2 is 1.75 bits per heavy atom. The molecular formula is C23H26FN3O. The van der Waals surface area contributed by atoms with Crippen molar-refractivity contribution in [3.8, 4) is 0 Å². The monoisotopic (exact) mass is 379 g/mol. The normalized spacial score (nSPS) is 17.1. The molecule has 4 nitrogen and oxygen atoms in total. The molecule has 0 saturated carbocycles. The number of hydrogen-bond donors (Lipinski definition) is 1. The van der Waals surface area contributed by atoms with Crippen LogP contribution in [0.4, 0.5) is 4.39 Å². The van der Waals surface area contributed by atoms with Gasteiger partial charge in [0.1, 0.15) is 5.82 Å². The van der Waals surface area contributed by atoms with Crippen LogP contribution in [-0.4, -0.2) is 39.7 Å². The van der Waals surface area contributed by atoms with Crippen molar-refractivity contribution in [3.63, 3.8) is 0 Å². The largest absolute Gasteiger partial charge is 0.396 e. The smallest absolute Gasteiger partial charge is 0.123 e. The number of rotatable bonds is 5. The van der Waals surface area contributed by atoms with E-state index in [-0.39, 0.29) is 17.8 Å². The van der Waals surface area contributed by atoms with Crippen LogP contribution in [0.5, 0.6) is 0 Å². The average molecular weight is 379 g/mol. The summed E-state index contributed by atoms with van der Waals surface area (Å²) in [5.74, 6) is -0.214. The lowest BCUT2D eigenvalue weighted by atomic mass is 9.74. The van der Waals surface area contributed by atoms with E-state index >= 15 is 0 Å². The van der Waals surface area contributed by atoms with Crippen molar-refractivity contribution in [3.05, 3.63) is 71.3 Å². The van der Waals surface area contributed by atoms with Gasteiger partial charge in [0.25, 0.3) is 0 Å². The molecule has 4 rings (SSSR count). The number of fused-ring (bicyclic) bond motifs is 1. The van der Waals surface area contributed by atoms with Crippen LogP contribution in [0.2, 0.25) is 0 Å². The van der Waals surface area contributed by atoms with Gasteiger partial charge >= 0.3 is 0 Å². The van der Waals surface area contributed by atoms with Gasteiger partial charge < -0.3 is 5.11 Å². The molecule has 5 heteroatoms. The van der Waals surface area contributed by atoms with Crippen LogP contribution in [-0.2, 0) is 13.0 Å². The molecule has 0 bridgehead atoms. The second-order valence-electron chi connectivity index (χ2n) is 7.99. The first-order chi connectivity index (χ1) is 13.6. The summed E-state index contributed by atoms with van der Waals surface area (Å²) < 4.78 is 13.5. The molecule has 0 spiro atoms. The van der Waals surface area contributed by atoms with E-state index in [0.717, 1.165) is 60.5 Å². The van der Waals surface area contributed by atoms with E-state index in [2.05, 4.69) is 9.88 Å². The molecule has 0 amide bonds. The van der Waals surface area contributed by atoms with Crippen molar-refractivity contribution in [2.24, 2.45) is 5.41 Å². The highest BCUT2D eigenvalue weighted by molar-refractivity contribution is 5.74. The number of para-hydroxylation sites is 2. The van der Waals surface area contributed by atoms with E-state index in [4.69, 9.17) is 4.98 Å². The summed E-state index contributed by atoms with van der Waals surface area (Å²) in [6.45, 7) is 4.70. The van der Waals surface area contributed by atoms with Crippen molar-refractivity contribution < 1.29 is 9.50 Å². The van der Waals surface area contributed by atoms with Crippen molar-refractivity contribution in [1.82, 2.24) is 14.9 Å². The molecule has 1 aromatic heterocycles. The minimum atomic E-state index is -0.214. The molecule has 146 valence electrons. The Labute approximate surface area is 165 Å². The first-order valence-electron chi connectivity index (χ1n) is 9.87. The molecule has 2 aromatic carbocycles. The van der Waals surface area contributed by atoms with Crippen LogP contribution in [0.1, 0.15) is 29.8 Å². The van der Waals surface area contributed by atoms with Crippen LogP contribution >= 0.6 is 0 Å². The van der Waals surface area contributed by atoms with E-state index < -0.39 is 0 Å². The summed E-state index contributed by atoms with van der Waals surface area (Å²) in [5, 5.41) is 10.1. The molecule has 1 fully saturated rings. The Morgan fingerprint density at radius 1 is 1.04 bits per heavy atom. The number of aryl methyl sites for hydroxylation is 1. The third-order valence-corrected chi connectivity index (χ3v) is 5.94. The average Bonchev–Trinajstić information content (AvgIpc) is 2.70. The van der Waals surface area contributed by atoms with Crippen molar-refractivity contribution in [2.45, 2.75) is 32.7 Å². The van der Waals surface area contributed by atoms with Crippen molar-refractivity contribution >= 4 is 11.0 Å². The van der Waals surface area contributed by atoms with Gasteiger partial charge in [-0.25, -0.2) is 14.4 Å². The predicted octanol–water partition coefficient (Wildman–Crippen LogP) is 3.89. The number of aromatic nitrogens is 2. The molecule has 0 radical (unpaired) electrons. The summed E-state index contributed by atoms with van der Waals surface area (Å²) in [6.07, 6.45) is 2.49. The van der Waals surface area contributed by atoms with E-state index in [1.54, 1.807) is 12.1 Å². The van der Waals surface area contributed by atoms with Gasteiger partial charge in [-0.15, -0.1) is 0 Å². The molecule has 1 N–H and O–H groups in total. The maximum Gasteiger partial charge on any atom is 0.123 e. The zero-order valence-corrected chi connectivity index (χ0v) is 16.2. The zero-order chi connectivity index (χ0) is 19.6. The molecule has 3 aromatic rings. The fourth-order valence-corrected chi connectivity index (χ4v) is 4.14. The molecular weight excluding hydrogens is 353 g/mol. The summed E-state index contributed by atoms with van der Waals surface area (Å²) in [7, 11) is 0. The van der Waals surface area contributed by atoms with Gasteiger partial charge in [0.2, 0.25) is 0 Å². The van der Waals surface area contributed by atoms with Gasteiger partial charge in [-0.05, 0) is 74.5 Å². The lowest BCUT2D eigenvalue weighted by Gasteiger charge is -2.41. The molecule has 2 heterocycles. The number of hydrogen-bond acceptors (Lipinski definition) is 4. The third kappa shape index (κ3) is 4.05. The highest BCUT2D eigenvalue weighted by atomic mass is 19.1. The molecule has 1 aliphatic rings. The first kappa shape index (κ1) is 19.0. The maximum atomic E-state index is 13.5.